The first-order chi connectivity index (χ1) is 13.2. The number of hydrogen-bond acceptors (Lipinski definition) is 3. The monoisotopic (exact) mass is 379 g/mol. The van der Waals surface area contributed by atoms with Gasteiger partial charge in [-0.25, -0.2) is 0 Å². The summed E-state index contributed by atoms with van der Waals surface area (Å²) < 4.78 is 0. The third-order valence-electron chi connectivity index (χ3n) is 5.10. The summed E-state index contributed by atoms with van der Waals surface area (Å²) >= 11 is 5.95. The number of pyridine rings is 1. The van der Waals surface area contributed by atoms with Crippen LogP contribution in [-0.4, -0.2) is 46.9 Å². The number of nitrogens with zero attached hydrogens (tertiary/aromatic N) is 3. The second-order valence-corrected chi connectivity index (χ2v) is 7.39. The highest BCUT2D eigenvalue weighted by Gasteiger charge is 2.21. The molecule has 3 aromatic rings. The number of para-hydroxylation sites is 1. The first-order valence-electron chi connectivity index (χ1n) is 9.26. The smallest absolute Gasteiger partial charge is 0.227 e. The van der Waals surface area contributed by atoms with E-state index in [0.29, 0.717) is 6.42 Å². The molecule has 1 saturated heterocycles. The quantitative estimate of drug-likeness (QED) is 0.692. The minimum Gasteiger partial charge on any atom is -0.340 e. The second kappa shape index (κ2) is 8.07. The molecule has 0 bridgehead atoms. The van der Waals surface area contributed by atoms with E-state index in [1.807, 2.05) is 47.4 Å². The predicted octanol–water partition coefficient (Wildman–Crippen LogP) is 3.78. The van der Waals surface area contributed by atoms with Crippen LogP contribution in [0.4, 0.5) is 0 Å². The number of carbonyl (C=O) groups excluding carboxylic acids is 1. The molecule has 0 spiro atoms. The van der Waals surface area contributed by atoms with E-state index >= 15 is 0 Å². The summed E-state index contributed by atoms with van der Waals surface area (Å²) in [5.41, 5.74) is 3.18. The molecule has 0 atom stereocenters. The van der Waals surface area contributed by atoms with Crippen molar-refractivity contribution in [2.24, 2.45) is 0 Å². The van der Waals surface area contributed by atoms with Gasteiger partial charge in [-0.3, -0.25) is 14.7 Å². The van der Waals surface area contributed by atoms with Crippen molar-refractivity contribution in [1.29, 1.82) is 0 Å². The van der Waals surface area contributed by atoms with E-state index in [4.69, 9.17) is 11.6 Å². The van der Waals surface area contributed by atoms with Crippen LogP contribution in [0.5, 0.6) is 0 Å². The lowest BCUT2D eigenvalue weighted by molar-refractivity contribution is -0.132. The van der Waals surface area contributed by atoms with Gasteiger partial charge in [-0.05, 0) is 29.3 Å². The van der Waals surface area contributed by atoms with E-state index in [1.165, 1.54) is 5.56 Å². The molecule has 27 heavy (non-hydrogen) atoms. The van der Waals surface area contributed by atoms with Gasteiger partial charge in [0, 0.05) is 49.3 Å². The van der Waals surface area contributed by atoms with Crippen LogP contribution in [-0.2, 0) is 17.8 Å². The molecule has 0 saturated carbocycles. The molecule has 0 unspecified atom stereocenters. The van der Waals surface area contributed by atoms with Crippen molar-refractivity contribution in [1.82, 2.24) is 14.8 Å². The minimum atomic E-state index is 0.180. The molecule has 1 fully saturated rings. The van der Waals surface area contributed by atoms with Crippen molar-refractivity contribution in [3.8, 4) is 0 Å². The summed E-state index contributed by atoms with van der Waals surface area (Å²) in [6.07, 6.45) is 2.19. The summed E-state index contributed by atoms with van der Waals surface area (Å²) in [6, 6.07) is 18.0. The number of fused-ring (bicyclic) bond motifs is 1. The molecule has 1 aliphatic rings. The number of piperazine rings is 1. The van der Waals surface area contributed by atoms with E-state index in [1.54, 1.807) is 6.20 Å². The Hall–Kier alpha value is -2.43. The Morgan fingerprint density at radius 2 is 1.70 bits per heavy atom. The Morgan fingerprint density at radius 3 is 2.48 bits per heavy atom. The Kier molecular flexibility index (Phi) is 5.37. The third-order valence-corrected chi connectivity index (χ3v) is 5.35. The van der Waals surface area contributed by atoms with Gasteiger partial charge >= 0.3 is 0 Å². The summed E-state index contributed by atoms with van der Waals surface area (Å²) in [4.78, 5) is 21.6. The molecular formula is C22H22ClN3O. The van der Waals surface area contributed by atoms with E-state index in [2.05, 4.69) is 22.0 Å². The normalized spacial score (nSPS) is 15.2. The zero-order valence-electron chi connectivity index (χ0n) is 15.1. The molecule has 1 aromatic heterocycles. The molecule has 2 heterocycles. The van der Waals surface area contributed by atoms with Crippen LogP contribution >= 0.6 is 11.6 Å². The van der Waals surface area contributed by atoms with E-state index in [-0.39, 0.29) is 5.91 Å². The summed E-state index contributed by atoms with van der Waals surface area (Å²) in [6.45, 7) is 4.21. The number of halogens is 1. The van der Waals surface area contributed by atoms with Crippen molar-refractivity contribution in [2.75, 3.05) is 26.2 Å². The van der Waals surface area contributed by atoms with Gasteiger partial charge in [-0.2, -0.15) is 0 Å². The van der Waals surface area contributed by atoms with Gasteiger partial charge in [0.15, 0.2) is 0 Å². The second-order valence-electron chi connectivity index (χ2n) is 6.95. The molecule has 1 amide bonds. The Bertz CT molecular complexity index is 928. The largest absolute Gasteiger partial charge is 0.340 e. The number of hydrogen-bond donors (Lipinski definition) is 0. The number of aromatic nitrogens is 1. The van der Waals surface area contributed by atoms with Gasteiger partial charge in [0.1, 0.15) is 0 Å². The van der Waals surface area contributed by atoms with Gasteiger partial charge in [-0.1, -0.05) is 48.0 Å². The highest BCUT2D eigenvalue weighted by molar-refractivity contribution is 6.30. The SMILES string of the molecule is O=C(Cc1cccc2cccnc12)N1CCN(Cc2ccc(Cl)cc2)CC1. The fraction of sp³-hybridized carbons (Fsp3) is 0.273. The van der Waals surface area contributed by atoms with Crippen LogP contribution in [0.3, 0.4) is 0 Å². The molecule has 0 aliphatic carbocycles. The summed E-state index contributed by atoms with van der Waals surface area (Å²) in [7, 11) is 0. The molecule has 1 aliphatic heterocycles. The van der Waals surface area contributed by atoms with Crippen molar-refractivity contribution in [2.45, 2.75) is 13.0 Å². The fourth-order valence-electron chi connectivity index (χ4n) is 3.59. The third kappa shape index (κ3) is 4.29. The van der Waals surface area contributed by atoms with Gasteiger partial charge in [-0.15, -0.1) is 0 Å². The predicted molar refractivity (Wildman–Crippen MR) is 109 cm³/mol. The van der Waals surface area contributed by atoms with Crippen molar-refractivity contribution in [3.05, 3.63) is 76.9 Å². The van der Waals surface area contributed by atoms with E-state index < -0.39 is 0 Å². The zero-order valence-corrected chi connectivity index (χ0v) is 15.9. The van der Waals surface area contributed by atoms with Crippen molar-refractivity contribution >= 4 is 28.4 Å². The minimum absolute atomic E-state index is 0.180. The molecular weight excluding hydrogens is 358 g/mol. The van der Waals surface area contributed by atoms with Crippen LogP contribution in [0.1, 0.15) is 11.1 Å². The number of rotatable bonds is 4. The first-order valence-corrected chi connectivity index (χ1v) is 9.64. The van der Waals surface area contributed by atoms with Crippen molar-refractivity contribution < 1.29 is 4.79 Å². The number of amides is 1. The molecule has 4 nitrogen and oxygen atoms in total. The fourth-order valence-corrected chi connectivity index (χ4v) is 3.71. The van der Waals surface area contributed by atoms with E-state index in [9.17, 15) is 4.79 Å². The highest BCUT2D eigenvalue weighted by Crippen LogP contribution is 2.18. The van der Waals surface area contributed by atoms with Crippen LogP contribution in [0, 0.1) is 0 Å². The van der Waals surface area contributed by atoms with Gasteiger partial charge in [0.25, 0.3) is 0 Å². The summed E-state index contributed by atoms with van der Waals surface area (Å²) in [5, 5.41) is 1.84. The van der Waals surface area contributed by atoms with Crippen LogP contribution in [0.15, 0.2) is 60.8 Å². The maximum absolute atomic E-state index is 12.8. The first kappa shape index (κ1) is 18.0. The molecule has 4 rings (SSSR count). The molecule has 0 radical (unpaired) electrons. The molecule has 138 valence electrons. The maximum atomic E-state index is 12.8. The van der Waals surface area contributed by atoms with E-state index in [0.717, 1.165) is 54.2 Å². The molecule has 2 aromatic carbocycles. The van der Waals surface area contributed by atoms with Gasteiger partial charge in [0.05, 0.1) is 11.9 Å². The average Bonchev–Trinajstić information content (AvgIpc) is 2.70. The van der Waals surface area contributed by atoms with Crippen LogP contribution in [0.25, 0.3) is 10.9 Å². The maximum Gasteiger partial charge on any atom is 0.227 e. The highest BCUT2D eigenvalue weighted by atomic mass is 35.5. The average molecular weight is 380 g/mol. The van der Waals surface area contributed by atoms with Crippen LogP contribution in [0.2, 0.25) is 5.02 Å². The lowest BCUT2D eigenvalue weighted by Gasteiger charge is -2.35. The van der Waals surface area contributed by atoms with Gasteiger partial charge in [0.2, 0.25) is 5.91 Å². The lowest BCUT2D eigenvalue weighted by Crippen LogP contribution is -2.48. The summed E-state index contributed by atoms with van der Waals surface area (Å²) in [5.74, 6) is 0.180. The molecule has 5 heteroatoms. The van der Waals surface area contributed by atoms with Gasteiger partial charge < -0.3 is 4.90 Å². The van der Waals surface area contributed by atoms with Crippen LogP contribution < -0.4 is 0 Å². The topological polar surface area (TPSA) is 36.4 Å². The Balaban J connectivity index is 1.35. The number of benzene rings is 2. The van der Waals surface area contributed by atoms with Crippen molar-refractivity contribution in [3.63, 3.8) is 0 Å². The lowest BCUT2D eigenvalue weighted by atomic mass is 10.1. The Labute approximate surface area is 164 Å². The molecule has 0 N–H and O–H groups in total. The standard InChI is InChI=1S/C22H22ClN3O/c23-20-8-6-17(7-9-20)16-25-11-13-26(14-12-25)21(27)15-19-4-1-3-18-5-2-10-24-22(18)19/h1-10H,11-16H2. The zero-order chi connectivity index (χ0) is 18.6. The Morgan fingerprint density at radius 1 is 0.963 bits per heavy atom. The number of carbonyl (C=O) groups is 1.